The van der Waals surface area contributed by atoms with Gasteiger partial charge in [0.25, 0.3) is 0 Å². The lowest BCUT2D eigenvalue weighted by Gasteiger charge is -2.33. The quantitative estimate of drug-likeness (QED) is 0.624. The fourth-order valence-corrected chi connectivity index (χ4v) is 2.66. The zero-order chi connectivity index (χ0) is 8.67. The first-order valence-corrected chi connectivity index (χ1v) is 5.64. The van der Waals surface area contributed by atoms with Gasteiger partial charge in [-0.3, -0.25) is 4.99 Å². The highest BCUT2D eigenvalue weighted by atomic mass is 15.1. The van der Waals surface area contributed by atoms with Crippen LogP contribution in [0.15, 0.2) is 4.99 Å². The van der Waals surface area contributed by atoms with Crippen molar-refractivity contribution in [2.75, 3.05) is 26.2 Å². The van der Waals surface area contributed by atoms with Crippen LogP contribution >= 0.6 is 0 Å². The molecule has 0 N–H and O–H groups in total. The number of aliphatic imine (C=N–C) groups is 1. The lowest BCUT2D eigenvalue weighted by molar-refractivity contribution is 0.161. The lowest BCUT2D eigenvalue weighted by atomic mass is 9.88. The molecule has 2 heterocycles. The number of hydrogen-bond acceptors (Lipinski definition) is 2. The molecule has 0 amide bonds. The van der Waals surface area contributed by atoms with Crippen LogP contribution in [0.1, 0.15) is 19.3 Å². The summed E-state index contributed by atoms with van der Waals surface area (Å²) in [6, 6.07) is 0. The molecule has 0 aromatic rings. The van der Waals surface area contributed by atoms with Crippen LogP contribution in [-0.4, -0.2) is 37.3 Å². The zero-order valence-electron chi connectivity index (χ0n) is 8.15. The predicted octanol–water partition coefficient (Wildman–Crippen LogP) is 1.42. The zero-order valence-corrected chi connectivity index (χ0v) is 8.15. The summed E-state index contributed by atoms with van der Waals surface area (Å²) in [5.41, 5.74) is 0. The molecule has 2 fully saturated rings. The molecule has 2 aliphatic heterocycles. The third-order valence-corrected chi connectivity index (χ3v) is 3.74. The minimum atomic E-state index is 0.799. The Balaban J connectivity index is 1.57. The summed E-state index contributed by atoms with van der Waals surface area (Å²) in [7, 11) is 0. The number of likely N-dealkylation sites (tertiary alicyclic amines) is 1. The van der Waals surface area contributed by atoms with E-state index in [2.05, 4.69) is 16.1 Å². The molecule has 0 bridgehead atoms. The topological polar surface area (TPSA) is 15.6 Å². The first-order chi connectivity index (χ1) is 6.42. The van der Waals surface area contributed by atoms with Gasteiger partial charge in [-0.25, -0.2) is 0 Å². The molecule has 0 aromatic carbocycles. The standard InChI is InChI=1S/C11H18N2/c1-2-9(1)7-13-4-3-10-5-12-6-11(10)8-13/h6,9-11H,1-5,7-8H2. The second-order valence-corrected chi connectivity index (χ2v) is 4.93. The van der Waals surface area contributed by atoms with Gasteiger partial charge in [-0.15, -0.1) is 0 Å². The van der Waals surface area contributed by atoms with E-state index in [4.69, 9.17) is 0 Å². The van der Waals surface area contributed by atoms with Crippen LogP contribution in [0, 0.1) is 17.8 Å². The highest BCUT2D eigenvalue weighted by Gasteiger charge is 2.33. The van der Waals surface area contributed by atoms with Gasteiger partial charge >= 0.3 is 0 Å². The summed E-state index contributed by atoms with van der Waals surface area (Å²) in [5, 5.41) is 0. The Morgan fingerprint density at radius 1 is 1.31 bits per heavy atom. The molecule has 2 heteroatoms. The van der Waals surface area contributed by atoms with Crippen molar-refractivity contribution in [3.8, 4) is 0 Å². The van der Waals surface area contributed by atoms with E-state index in [1.807, 2.05) is 0 Å². The molecular weight excluding hydrogens is 160 g/mol. The summed E-state index contributed by atoms with van der Waals surface area (Å²) < 4.78 is 0. The SMILES string of the molecule is C1=NCC2CCN(CC3CC3)CC12. The number of fused-ring (bicyclic) bond motifs is 1. The Bertz CT molecular complexity index is 220. The lowest BCUT2D eigenvalue weighted by Crippen LogP contribution is -2.41. The Morgan fingerprint density at radius 3 is 3.08 bits per heavy atom. The largest absolute Gasteiger partial charge is 0.302 e. The first kappa shape index (κ1) is 7.98. The van der Waals surface area contributed by atoms with Crippen LogP contribution in [0.4, 0.5) is 0 Å². The third-order valence-electron chi connectivity index (χ3n) is 3.74. The summed E-state index contributed by atoms with van der Waals surface area (Å²) in [5.74, 6) is 2.75. The van der Waals surface area contributed by atoms with E-state index in [-0.39, 0.29) is 0 Å². The molecule has 13 heavy (non-hydrogen) atoms. The van der Waals surface area contributed by atoms with E-state index >= 15 is 0 Å². The van der Waals surface area contributed by atoms with E-state index in [1.54, 1.807) is 0 Å². The number of hydrogen-bond donors (Lipinski definition) is 0. The first-order valence-electron chi connectivity index (χ1n) is 5.64. The van der Waals surface area contributed by atoms with Gasteiger partial charge in [-0.2, -0.15) is 0 Å². The predicted molar refractivity (Wildman–Crippen MR) is 54.1 cm³/mol. The van der Waals surface area contributed by atoms with Crippen LogP contribution in [-0.2, 0) is 0 Å². The normalized spacial score (nSPS) is 39.4. The molecule has 1 saturated carbocycles. The number of piperidine rings is 1. The molecule has 72 valence electrons. The molecule has 1 saturated heterocycles. The van der Waals surface area contributed by atoms with Crippen molar-refractivity contribution in [2.45, 2.75) is 19.3 Å². The van der Waals surface area contributed by atoms with Crippen molar-refractivity contribution < 1.29 is 0 Å². The third kappa shape index (κ3) is 1.64. The summed E-state index contributed by atoms with van der Waals surface area (Å²) in [6.45, 7) is 5.12. The van der Waals surface area contributed by atoms with Crippen LogP contribution in [0.25, 0.3) is 0 Å². The summed E-state index contributed by atoms with van der Waals surface area (Å²) in [4.78, 5) is 7.07. The summed E-state index contributed by atoms with van der Waals surface area (Å²) >= 11 is 0. The minimum absolute atomic E-state index is 0.799. The van der Waals surface area contributed by atoms with Gasteiger partial charge in [-0.1, -0.05) is 0 Å². The fraction of sp³-hybridized carbons (Fsp3) is 0.909. The van der Waals surface area contributed by atoms with Crippen LogP contribution in [0.3, 0.4) is 0 Å². The molecule has 1 aliphatic carbocycles. The van der Waals surface area contributed by atoms with Crippen LogP contribution < -0.4 is 0 Å². The van der Waals surface area contributed by atoms with Crippen molar-refractivity contribution in [1.29, 1.82) is 0 Å². The maximum absolute atomic E-state index is 4.41. The van der Waals surface area contributed by atoms with Crippen molar-refractivity contribution in [1.82, 2.24) is 4.90 Å². The Labute approximate surface area is 80.0 Å². The van der Waals surface area contributed by atoms with Crippen molar-refractivity contribution in [2.24, 2.45) is 22.7 Å². The molecule has 3 rings (SSSR count). The molecule has 2 unspecified atom stereocenters. The fourth-order valence-electron chi connectivity index (χ4n) is 2.66. The van der Waals surface area contributed by atoms with Gasteiger partial charge < -0.3 is 4.90 Å². The second kappa shape index (κ2) is 3.09. The van der Waals surface area contributed by atoms with Crippen molar-refractivity contribution in [3.63, 3.8) is 0 Å². The van der Waals surface area contributed by atoms with E-state index in [0.29, 0.717) is 0 Å². The highest BCUT2D eigenvalue weighted by molar-refractivity contribution is 5.64. The molecule has 2 atom stereocenters. The van der Waals surface area contributed by atoms with Gasteiger partial charge in [0.05, 0.1) is 0 Å². The minimum Gasteiger partial charge on any atom is -0.302 e. The summed E-state index contributed by atoms with van der Waals surface area (Å²) in [6.07, 6.45) is 6.57. The van der Waals surface area contributed by atoms with Crippen LogP contribution in [0.5, 0.6) is 0 Å². The van der Waals surface area contributed by atoms with Crippen molar-refractivity contribution >= 4 is 6.21 Å². The second-order valence-electron chi connectivity index (χ2n) is 4.93. The molecular formula is C11H18N2. The average Bonchev–Trinajstić information content (AvgIpc) is 2.83. The van der Waals surface area contributed by atoms with Gasteiger partial charge in [0.15, 0.2) is 0 Å². The number of rotatable bonds is 2. The maximum Gasteiger partial charge on any atom is 0.0420 e. The Hall–Kier alpha value is -0.370. The molecule has 0 aromatic heterocycles. The molecule has 0 radical (unpaired) electrons. The maximum atomic E-state index is 4.41. The van der Waals surface area contributed by atoms with E-state index in [1.165, 1.54) is 38.9 Å². The Morgan fingerprint density at radius 2 is 2.23 bits per heavy atom. The van der Waals surface area contributed by atoms with Gasteiger partial charge in [-0.05, 0) is 37.6 Å². The van der Waals surface area contributed by atoms with E-state index in [0.717, 1.165) is 24.3 Å². The highest BCUT2D eigenvalue weighted by Crippen LogP contribution is 2.33. The van der Waals surface area contributed by atoms with Gasteiger partial charge in [0.1, 0.15) is 0 Å². The van der Waals surface area contributed by atoms with Gasteiger partial charge in [0.2, 0.25) is 0 Å². The number of nitrogens with zero attached hydrogens (tertiary/aromatic N) is 2. The average molecular weight is 178 g/mol. The van der Waals surface area contributed by atoms with Crippen LogP contribution in [0.2, 0.25) is 0 Å². The molecule has 3 aliphatic rings. The van der Waals surface area contributed by atoms with E-state index in [9.17, 15) is 0 Å². The van der Waals surface area contributed by atoms with Crippen molar-refractivity contribution in [3.05, 3.63) is 0 Å². The molecule has 2 nitrogen and oxygen atoms in total. The molecule has 0 spiro atoms. The smallest absolute Gasteiger partial charge is 0.0420 e. The Kier molecular flexibility index (Phi) is 1.90. The monoisotopic (exact) mass is 178 g/mol. The van der Waals surface area contributed by atoms with E-state index < -0.39 is 0 Å². The van der Waals surface area contributed by atoms with Gasteiger partial charge in [0, 0.05) is 31.8 Å².